The lowest BCUT2D eigenvalue weighted by molar-refractivity contribution is -0.385. The summed E-state index contributed by atoms with van der Waals surface area (Å²) < 4.78 is 26.6. The Labute approximate surface area is 117 Å². The lowest BCUT2D eigenvalue weighted by Gasteiger charge is -2.19. The number of aryl methyl sites for hydroxylation is 2. The third-order valence-corrected chi connectivity index (χ3v) is 5.61. The number of nitrogens with zero attached hydrogens (tertiary/aromatic N) is 2. The third kappa shape index (κ3) is 2.54. The minimum absolute atomic E-state index is 0.0999. The van der Waals surface area contributed by atoms with Crippen LogP contribution < -0.4 is 5.73 Å². The van der Waals surface area contributed by atoms with Gasteiger partial charge in [-0.3, -0.25) is 10.1 Å². The Morgan fingerprint density at radius 2 is 1.90 bits per heavy atom. The highest BCUT2D eigenvalue weighted by molar-refractivity contribution is 7.89. The predicted molar refractivity (Wildman–Crippen MR) is 73.9 cm³/mol. The molecule has 0 aliphatic carbocycles. The fourth-order valence-electron chi connectivity index (χ4n) is 2.54. The fourth-order valence-corrected chi connectivity index (χ4v) is 4.46. The molecule has 0 amide bonds. The van der Waals surface area contributed by atoms with Gasteiger partial charge >= 0.3 is 0 Å². The second-order valence-corrected chi connectivity index (χ2v) is 6.95. The van der Waals surface area contributed by atoms with Gasteiger partial charge in [-0.2, -0.15) is 4.31 Å². The Hall–Kier alpha value is -1.51. The smallest absolute Gasteiger partial charge is 0.270 e. The summed E-state index contributed by atoms with van der Waals surface area (Å²) in [4.78, 5) is 10.4. The summed E-state index contributed by atoms with van der Waals surface area (Å²) in [7, 11) is -3.64. The first-order valence-corrected chi connectivity index (χ1v) is 7.69. The molecule has 1 aliphatic heterocycles. The van der Waals surface area contributed by atoms with E-state index in [1.807, 2.05) is 0 Å². The van der Waals surface area contributed by atoms with Crippen LogP contribution in [-0.4, -0.2) is 36.8 Å². The average molecular weight is 299 g/mol. The molecule has 20 heavy (non-hydrogen) atoms. The van der Waals surface area contributed by atoms with Crippen LogP contribution in [0.25, 0.3) is 0 Å². The summed E-state index contributed by atoms with van der Waals surface area (Å²) in [5.41, 5.74) is 6.42. The Kier molecular flexibility index (Phi) is 3.81. The van der Waals surface area contributed by atoms with Gasteiger partial charge < -0.3 is 5.73 Å². The number of nitrogens with two attached hydrogens (primary N) is 1. The summed E-state index contributed by atoms with van der Waals surface area (Å²) in [6.07, 6.45) is 0.629. The van der Waals surface area contributed by atoms with Crippen molar-refractivity contribution >= 4 is 15.7 Å². The summed E-state index contributed by atoms with van der Waals surface area (Å²) >= 11 is 0. The van der Waals surface area contributed by atoms with Crippen LogP contribution in [0.3, 0.4) is 0 Å². The Bertz CT molecular complexity index is 634. The maximum atomic E-state index is 12.6. The number of nitro groups is 1. The molecular formula is C12H17N3O4S. The fraction of sp³-hybridized carbons (Fsp3) is 0.500. The van der Waals surface area contributed by atoms with Gasteiger partial charge in [0.25, 0.3) is 5.69 Å². The third-order valence-electron chi connectivity index (χ3n) is 3.44. The number of non-ortho nitro benzene ring substituents is 1. The number of rotatable bonds is 3. The Morgan fingerprint density at radius 1 is 1.35 bits per heavy atom. The van der Waals surface area contributed by atoms with Crippen LogP contribution >= 0.6 is 0 Å². The molecule has 1 saturated heterocycles. The van der Waals surface area contributed by atoms with E-state index in [0.29, 0.717) is 24.1 Å². The van der Waals surface area contributed by atoms with Crippen LogP contribution in [0.15, 0.2) is 17.0 Å². The average Bonchev–Trinajstić information content (AvgIpc) is 2.75. The van der Waals surface area contributed by atoms with Crippen molar-refractivity contribution in [2.75, 3.05) is 13.1 Å². The van der Waals surface area contributed by atoms with Gasteiger partial charge in [-0.15, -0.1) is 0 Å². The molecule has 2 N–H and O–H groups in total. The zero-order chi connectivity index (χ0) is 15.1. The van der Waals surface area contributed by atoms with Gasteiger partial charge in [-0.05, 0) is 31.4 Å². The van der Waals surface area contributed by atoms with Crippen molar-refractivity contribution in [1.29, 1.82) is 0 Å². The second kappa shape index (κ2) is 5.12. The SMILES string of the molecule is Cc1cc([N+](=O)[O-])cc(C)c1S(=O)(=O)N1CC[C@@H](N)C1. The van der Waals surface area contributed by atoms with Crippen molar-refractivity contribution in [2.45, 2.75) is 31.2 Å². The number of hydrogen-bond donors (Lipinski definition) is 1. The van der Waals surface area contributed by atoms with E-state index in [4.69, 9.17) is 5.73 Å². The Balaban J connectivity index is 2.50. The molecule has 7 nitrogen and oxygen atoms in total. The second-order valence-electron chi connectivity index (χ2n) is 5.08. The minimum atomic E-state index is -3.64. The van der Waals surface area contributed by atoms with E-state index in [0.717, 1.165) is 0 Å². The first-order valence-electron chi connectivity index (χ1n) is 6.25. The van der Waals surface area contributed by atoms with Crippen LogP contribution in [0, 0.1) is 24.0 Å². The molecule has 1 aromatic rings. The van der Waals surface area contributed by atoms with E-state index < -0.39 is 14.9 Å². The lowest BCUT2D eigenvalue weighted by Crippen LogP contribution is -2.32. The molecule has 1 heterocycles. The molecule has 2 rings (SSSR count). The van der Waals surface area contributed by atoms with E-state index >= 15 is 0 Å². The molecule has 1 aromatic carbocycles. The number of sulfonamides is 1. The molecule has 1 aliphatic rings. The first-order chi connectivity index (χ1) is 9.23. The van der Waals surface area contributed by atoms with Crippen molar-refractivity contribution in [1.82, 2.24) is 4.31 Å². The van der Waals surface area contributed by atoms with Gasteiger partial charge in [0.05, 0.1) is 9.82 Å². The number of hydrogen-bond acceptors (Lipinski definition) is 5. The molecule has 0 saturated carbocycles. The predicted octanol–water partition coefficient (Wildman–Crippen LogP) is 0.933. The molecule has 0 unspecified atom stereocenters. The zero-order valence-corrected chi connectivity index (χ0v) is 12.2. The van der Waals surface area contributed by atoms with Crippen LogP contribution in [0.1, 0.15) is 17.5 Å². The van der Waals surface area contributed by atoms with Gasteiger partial charge in [0.2, 0.25) is 10.0 Å². The summed E-state index contributed by atoms with van der Waals surface area (Å²) in [5, 5.41) is 10.8. The standard InChI is InChI=1S/C12H17N3O4S/c1-8-5-11(15(16)17)6-9(2)12(8)20(18,19)14-4-3-10(13)7-14/h5-6,10H,3-4,7,13H2,1-2H3/t10-/m1/s1. The normalized spacial score (nSPS) is 20.2. The van der Waals surface area contributed by atoms with Crippen LogP contribution in [0.2, 0.25) is 0 Å². The molecule has 1 fully saturated rings. The van der Waals surface area contributed by atoms with Gasteiger partial charge in [0.15, 0.2) is 0 Å². The molecule has 0 radical (unpaired) electrons. The van der Waals surface area contributed by atoms with Gasteiger partial charge in [0, 0.05) is 31.3 Å². The summed E-state index contributed by atoms with van der Waals surface area (Å²) in [6.45, 7) is 3.82. The van der Waals surface area contributed by atoms with Crippen LogP contribution in [-0.2, 0) is 10.0 Å². The molecule has 1 atom stereocenters. The van der Waals surface area contributed by atoms with Crippen molar-refractivity contribution in [3.05, 3.63) is 33.4 Å². The summed E-state index contributed by atoms with van der Waals surface area (Å²) in [6, 6.07) is 2.43. The maximum Gasteiger partial charge on any atom is 0.270 e. The maximum absolute atomic E-state index is 12.6. The number of benzene rings is 1. The quantitative estimate of drug-likeness (QED) is 0.660. The molecule has 0 aromatic heterocycles. The van der Waals surface area contributed by atoms with E-state index in [2.05, 4.69) is 0 Å². The van der Waals surface area contributed by atoms with E-state index in [9.17, 15) is 18.5 Å². The zero-order valence-electron chi connectivity index (χ0n) is 11.4. The minimum Gasteiger partial charge on any atom is -0.326 e. The summed E-state index contributed by atoms with van der Waals surface area (Å²) in [5.74, 6) is 0. The van der Waals surface area contributed by atoms with E-state index in [1.165, 1.54) is 16.4 Å². The van der Waals surface area contributed by atoms with Crippen molar-refractivity contribution in [3.8, 4) is 0 Å². The van der Waals surface area contributed by atoms with E-state index in [1.54, 1.807) is 13.8 Å². The van der Waals surface area contributed by atoms with Gasteiger partial charge in [-0.1, -0.05) is 0 Å². The van der Waals surface area contributed by atoms with Crippen LogP contribution in [0.4, 0.5) is 5.69 Å². The van der Waals surface area contributed by atoms with E-state index in [-0.39, 0.29) is 23.2 Å². The molecular weight excluding hydrogens is 282 g/mol. The topological polar surface area (TPSA) is 107 Å². The van der Waals surface area contributed by atoms with Crippen molar-refractivity contribution < 1.29 is 13.3 Å². The Morgan fingerprint density at radius 3 is 2.30 bits per heavy atom. The highest BCUT2D eigenvalue weighted by atomic mass is 32.2. The molecule has 110 valence electrons. The largest absolute Gasteiger partial charge is 0.326 e. The van der Waals surface area contributed by atoms with Gasteiger partial charge in [0.1, 0.15) is 0 Å². The van der Waals surface area contributed by atoms with Crippen LogP contribution in [0.5, 0.6) is 0 Å². The highest BCUT2D eigenvalue weighted by Crippen LogP contribution is 2.29. The highest BCUT2D eigenvalue weighted by Gasteiger charge is 2.33. The molecule has 0 spiro atoms. The van der Waals surface area contributed by atoms with Crippen molar-refractivity contribution in [3.63, 3.8) is 0 Å². The lowest BCUT2D eigenvalue weighted by atomic mass is 10.1. The number of nitro benzene ring substituents is 1. The monoisotopic (exact) mass is 299 g/mol. The first kappa shape index (κ1) is 14.9. The van der Waals surface area contributed by atoms with Gasteiger partial charge in [-0.25, -0.2) is 8.42 Å². The van der Waals surface area contributed by atoms with Crippen molar-refractivity contribution in [2.24, 2.45) is 5.73 Å². The molecule has 0 bridgehead atoms. The molecule has 8 heteroatoms.